The van der Waals surface area contributed by atoms with Crippen molar-refractivity contribution in [2.24, 2.45) is 17.0 Å². The van der Waals surface area contributed by atoms with E-state index in [-0.39, 0.29) is 59.6 Å². The largest absolute Gasteiger partial charge is 0.394 e. The Kier molecular flexibility index (Phi) is 11.4. The van der Waals surface area contributed by atoms with Crippen molar-refractivity contribution >= 4 is 25.4 Å². The molecule has 2 fully saturated rings. The van der Waals surface area contributed by atoms with E-state index in [2.05, 4.69) is 5.16 Å². The number of rotatable bonds is 15. The van der Waals surface area contributed by atoms with Gasteiger partial charge in [-0.2, -0.15) is 0 Å². The lowest BCUT2D eigenvalue weighted by molar-refractivity contribution is 0.00876. The van der Waals surface area contributed by atoms with Gasteiger partial charge in [0, 0.05) is 37.6 Å². The predicted molar refractivity (Wildman–Crippen MR) is 163 cm³/mol. The average molecular weight is 652 g/mol. The van der Waals surface area contributed by atoms with Crippen molar-refractivity contribution in [2.45, 2.75) is 35.5 Å². The second-order valence-corrected chi connectivity index (χ2v) is 15.4. The Morgan fingerprint density at radius 3 is 1.59 bits per heavy atom. The number of hydrogen-bond donors (Lipinski definition) is 1. The standard InChI is InChI=1S/C31H41NO10S2/c33-9-14-40-15-16-41-17-18-42-32-31-29-19-25(43(34,35)21-23-5-10-38-11-6-23)1-3-27(29)28-4-2-26(20-30(28)31)44(36,37)22-24-7-12-39-13-8-24/h1-4,19-20,23-24,33H,5-18,21-22H2. The van der Waals surface area contributed by atoms with Crippen molar-refractivity contribution in [3.8, 4) is 11.1 Å². The van der Waals surface area contributed by atoms with E-state index in [0.29, 0.717) is 82.2 Å². The van der Waals surface area contributed by atoms with Gasteiger partial charge in [0.25, 0.3) is 0 Å². The lowest BCUT2D eigenvalue weighted by atomic mass is 10.0. The van der Waals surface area contributed by atoms with Crippen LogP contribution in [0.15, 0.2) is 51.3 Å². The summed E-state index contributed by atoms with van der Waals surface area (Å²) >= 11 is 0. The Bertz CT molecular complexity index is 1410. The monoisotopic (exact) mass is 651 g/mol. The van der Waals surface area contributed by atoms with Gasteiger partial charge >= 0.3 is 0 Å². The minimum absolute atomic E-state index is 0.0354. The number of oxime groups is 1. The van der Waals surface area contributed by atoms with Crippen LogP contribution < -0.4 is 0 Å². The van der Waals surface area contributed by atoms with Crippen LogP contribution >= 0.6 is 0 Å². The minimum atomic E-state index is -3.59. The summed E-state index contributed by atoms with van der Waals surface area (Å²) in [7, 11) is -7.17. The molecule has 1 N–H and O–H groups in total. The van der Waals surface area contributed by atoms with Crippen molar-refractivity contribution in [1.82, 2.24) is 0 Å². The summed E-state index contributed by atoms with van der Waals surface area (Å²) in [6.45, 7) is 3.46. The molecule has 0 radical (unpaired) electrons. The molecule has 0 amide bonds. The molecule has 44 heavy (non-hydrogen) atoms. The Balaban J connectivity index is 1.39. The minimum Gasteiger partial charge on any atom is -0.394 e. The van der Waals surface area contributed by atoms with E-state index in [4.69, 9.17) is 28.9 Å². The van der Waals surface area contributed by atoms with Gasteiger partial charge in [0.1, 0.15) is 12.3 Å². The zero-order valence-corrected chi connectivity index (χ0v) is 26.5. The second-order valence-electron chi connectivity index (χ2n) is 11.3. The molecule has 3 aliphatic rings. The molecule has 0 atom stereocenters. The quantitative estimate of drug-likeness (QED) is 0.192. The van der Waals surface area contributed by atoms with Gasteiger partial charge in [-0.25, -0.2) is 16.8 Å². The molecule has 2 aromatic carbocycles. The molecule has 5 rings (SSSR count). The van der Waals surface area contributed by atoms with E-state index in [0.717, 1.165) is 11.1 Å². The molecular formula is C31H41NO10S2. The molecule has 0 unspecified atom stereocenters. The fourth-order valence-electron chi connectivity index (χ4n) is 5.77. The van der Waals surface area contributed by atoms with Gasteiger partial charge in [0.05, 0.1) is 54.3 Å². The normalized spacial score (nSPS) is 17.8. The third-order valence-electron chi connectivity index (χ3n) is 8.18. The number of aliphatic hydroxyl groups is 1. The fraction of sp³-hybridized carbons (Fsp3) is 0.581. The number of nitrogens with zero attached hydrogens (tertiary/aromatic N) is 1. The maximum absolute atomic E-state index is 13.4. The van der Waals surface area contributed by atoms with Crippen LogP contribution in [-0.4, -0.2) is 105 Å². The Morgan fingerprint density at radius 2 is 1.11 bits per heavy atom. The van der Waals surface area contributed by atoms with E-state index >= 15 is 0 Å². The van der Waals surface area contributed by atoms with E-state index in [1.165, 1.54) is 0 Å². The van der Waals surface area contributed by atoms with Gasteiger partial charge < -0.3 is 28.9 Å². The fourth-order valence-corrected chi connectivity index (χ4v) is 9.21. The summed E-state index contributed by atoms with van der Waals surface area (Å²) in [5.41, 5.74) is 3.05. The lowest BCUT2D eigenvalue weighted by Crippen LogP contribution is -2.23. The summed E-state index contributed by atoms with van der Waals surface area (Å²) in [6.07, 6.45) is 2.82. The summed E-state index contributed by atoms with van der Waals surface area (Å²) in [5.74, 6) is 0.152. The molecular weight excluding hydrogens is 610 g/mol. The molecule has 2 aliphatic heterocycles. The van der Waals surface area contributed by atoms with Crippen LogP contribution in [0.1, 0.15) is 36.8 Å². The van der Waals surface area contributed by atoms with E-state index < -0.39 is 19.7 Å². The average Bonchev–Trinajstić information content (AvgIpc) is 3.33. The zero-order valence-electron chi connectivity index (χ0n) is 24.8. The highest BCUT2D eigenvalue weighted by Crippen LogP contribution is 2.40. The Morgan fingerprint density at radius 1 is 0.659 bits per heavy atom. The topological polar surface area (TPSA) is 147 Å². The summed E-state index contributed by atoms with van der Waals surface area (Å²) in [5, 5.41) is 13.2. The van der Waals surface area contributed by atoms with Crippen LogP contribution in [0, 0.1) is 11.8 Å². The van der Waals surface area contributed by atoms with Crippen LogP contribution in [-0.2, 0) is 43.5 Å². The third kappa shape index (κ3) is 8.25. The highest BCUT2D eigenvalue weighted by Gasteiger charge is 2.32. The molecule has 11 nitrogen and oxygen atoms in total. The molecule has 13 heteroatoms. The van der Waals surface area contributed by atoms with Gasteiger partial charge in [-0.05, 0) is 72.9 Å². The Hall–Kier alpha value is -2.39. The lowest BCUT2D eigenvalue weighted by Gasteiger charge is -2.21. The van der Waals surface area contributed by atoms with Gasteiger partial charge in [-0.15, -0.1) is 0 Å². The first-order valence-electron chi connectivity index (χ1n) is 15.1. The molecule has 0 bridgehead atoms. The van der Waals surface area contributed by atoms with E-state index in [1.807, 2.05) is 0 Å². The number of aliphatic hydroxyl groups excluding tert-OH is 1. The highest BCUT2D eigenvalue weighted by atomic mass is 32.2. The number of ether oxygens (including phenoxy) is 4. The first kappa shape index (κ1) is 33.0. The van der Waals surface area contributed by atoms with E-state index in [1.54, 1.807) is 36.4 Å². The third-order valence-corrected chi connectivity index (χ3v) is 11.9. The second kappa shape index (κ2) is 15.3. The molecule has 1 aliphatic carbocycles. The number of fused-ring (bicyclic) bond motifs is 3. The summed E-state index contributed by atoms with van der Waals surface area (Å²) in [6, 6.07) is 10.0. The number of sulfone groups is 2. The van der Waals surface area contributed by atoms with Crippen molar-refractivity contribution in [1.29, 1.82) is 0 Å². The first-order valence-corrected chi connectivity index (χ1v) is 18.5. The zero-order chi connectivity index (χ0) is 31.0. The molecule has 2 aromatic rings. The van der Waals surface area contributed by atoms with Gasteiger partial charge in [-0.1, -0.05) is 17.3 Å². The van der Waals surface area contributed by atoms with E-state index in [9.17, 15) is 16.8 Å². The Labute approximate surface area is 259 Å². The van der Waals surface area contributed by atoms with Crippen LogP contribution in [0.3, 0.4) is 0 Å². The maximum Gasteiger partial charge on any atom is 0.178 e. The smallest absolute Gasteiger partial charge is 0.178 e. The molecule has 242 valence electrons. The van der Waals surface area contributed by atoms with Crippen LogP contribution in [0.5, 0.6) is 0 Å². The number of hydrogen-bond acceptors (Lipinski definition) is 11. The summed E-state index contributed by atoms with van der Waals surface area (Å²) in [4.78, 5) is 6.00. The molecule has 0 aromatic heterocycles. The molecule has 2 saturated heterocycles. The number of benzene rings is 2. The maximum atomic E-state index is 13.4. The van der Waals surface area contributed by atoms with Crippen molar-refractivity contribution in [3.05, 3.63) is 47.5 Å². The van der Waals surface area contributed by atoms with Crippen LogP contribution in [0.2, 0.25) is 0 Å². The van der Waals surface area contributed by atoms with Crippen molar-refractivity contribution in [2.75, 3.05) is 77.6 Å². The summed E-state index contributed by atoms with van der Waals surface area (Å²) < 4.78 is 75.2. The van der Waals surface area contributed by atoms with Crippen LogP contribution in [0.25, 0.3) is 11.1 Å². The van der Waals surface area contributed by atoms with Crippen molar-refractivity contribution < 1.29 is 45.7 Å². The molecule has 0 saturated carbocycles. The van der Waals surface area contributed by atoms with Gasteiger partial charge in [-0.3, -0.25) is 0 Å². The molecule has 0 spiro atoms. The molecule has 2 heterocycles. The van der Waals surface area contributed by atoms with Gasteiger partial charge in [0.2, 0.25) is 0 Å². The SMILES string of the molecule is O=S(=O)(CC1CCOCC1)c1ccc2c(c1)C(=NOCCOCCOCCO)c1cc(S(=O)(=O)CC3CCOCC3)ccc1-2. The van der Waals surface area contributed by atoms with Crippen LogP contribution in [0.4, 0.5) is 0 Å². The predicted octanol–water partition coefficient (Wildman–Crippen LogP) is 2.86. The van der Waals surface area contributed by atoms with Gasteiger partial charge in [0.15, 0.2) is 19.7 Å². The first-order chi connectivity index (χ1) is 21.3. The highest BCUT2D eigenvalue weighted by molar-refractivity contribution is 7.91. The van der Waals surface area contributed by atoms with Crippen molar-refractivity contribution in [3.63, 3.8) is 0 Å².